The van der Waals surface area contributed by atoms with Crippen LogP contribution in [0.3, 0.4) is 0 Å². The van der Waals surface area contributed by atoms with Crippen molar-refractivity contribution in [2.45, 2.75) is 6.92 Å². The van der Waals surface area contributed by atoms with Crippen LogP contribution in [0.1, 0.15) is 6.92 Å². The largest absolute Gasteiger partial charge is 0.496 e. The van der Waals surface area contributed by atoms with Gasteiger partial charge >= 0.3 is 0 Å². The molecule has 1 amide bonds. The first-order valence-electron chi connectivity index (χ1n) is 6.84. The van der Waals surface area contributed by atoms with Gasteiger partial charge in [0, 0.05) is 24.9 Å². The first kappa shape index (κ1) is 14.1. The molecule has 2 aromatic heterocycles. The van der Waals surface area contributed by atoms with Crippen LogP contribution in [0.5, 0.6) is 5.75 Å². The van der Waals surface area contributed by atoms with E-state index in [-0.39, 0.29) is 5.91 Å². The van der Waals surface area contributed by atoms with Crippen LogP contribution in [0.15, 0.2) is 36.5 Å². The lowest BCUT2D eigenvalue weighted by Gasteiger charge is -2.06. The van der Waals surface area contributed by atoms with E-state index in [1.54, 1.807) is 18.0 Å². The zero-order valence-corrected chi connectivity index (χ0v) is 12.6. The summed E-state index contributed by atoms with van der Waals surface area (Å²) in [6.45, 7) is 1.47. The normalized spacial score (nSPS) is 10.7. The maximum atomic E-state index is 11.2. The number of pyridine rings is 1. The highest BCUT2D eigenvalue weighted by molar-refractivity contribution is 5.97. The summed E-state index contributed by atoms with van der Waals surface area (Å²) >= 11 is 0. The van der Waals surface area contributed by atoms with Gasteiger partial charge in [-0.1, -0.05) is 12.1 Å². The highest BCUT2D eigenvalue weighted by Crippen LogP contribution is 2.34. The predicted molar refractivity (Wildman–Crippen MR) is 84.8 cm³/mol. The highest BCUT2D eigenvalue weighted by atomic mass is 16.5. The summed E-state index contributed by atoms with van der Waals surface area (Å²) in [5.74, 6) is 0.608. The number of carbonyl (C=O) groups excluding carboxylic acids is 1. The van der Waals surface area contributed by atoms with Crippen LogP contribution in [0, 0.1) is 0 Å². The van der Waals surface area contributed by atoms with Crippen LogP contribution >= 0.6 is 0 Å². The quantitative estimate of drug-likeness (QED) is 0.806. The maximum absolute atomic E-state index is 11.2. The number of carbonyl (C=O) groups is 1. The van der Waals surface area contributed by atoms with E-state index in [1.807, 2.05) is 37.4 Å². The summed E-state index contributed by atoms with van der Waals surface area (Å²) in [5, 5.41) is 8.15. The number of hydrogen-bond donors (Lipinski definition) is 1. The fraction of sp³-hybridized carbons (Fsp3) is 0.188. The molecule has 1 aromatic carbocycles. The van der Waals surface area contributed by atoms with Gasteiger partial charge in [-0.3, -0.25) is 4.79 Å². The molecule has 0 bridgehead atoms. The molecule has 2 heterocycles. The van der Waals surface area contributed by atoms with Gasteiger partial charge in [-0.05, 0) is 18.2 Å². The Kier molecular flexibility index (Phi) is 3.50. The molecule has 0 spiro atoms. The monoisotopic (exact) mass is 296 g/mol. The molecule has 22 heavy (non-hydrogen) atoms. The number of benzene rings is 1. The molecule has 6 nitrogen and oxygen atoms in total. The number of nitrogens with one attached hydrogen (secondary N) is 1. The van der Waals surface area contributed by atoms with E-state index >= 15 is 0 Å². The van der Waals surface area contributed by atoms with Crippen molar-refractivity contribution in [2.24, 2.45) is 7.05 Å². The summed E-state index contributed by atoms with van der Waals surface area (Å²) in [7, 11) is 3.47. The third-order valence-corrected chi connectivity index (χ3v) is 3.36. The first-order valence-corrected chi connectivity index (χ1v) is 6.84. The first-order chi connectivity index (χ1) is 10.6. The lowest BCUT2D eigenvalue weighted by Crippen LogP contribution is -2.05. The van der Waals surface area contributed by atoms with E-state index in [1.165, 1.54) is 6.92 Å². The molecular weight excluding hydrogens is 280 g/mol. The van der Waals surface area contributed by atoms with Crippen LogP contribution in [-0.4, -0.2) is 27.8 Å². The third-order valence-electron chi connectivity index (χ3n) is 3.36. The van der Waals surface area contributed by atoms with Crippen LogP contribution in [0.4, 0.5) is 5.69 Å². The molecule has 6 heteroatoms. The van der Waals surface area contributed by atoms with Crippen molar-refractivity contribution in [1.82, 2.24) is 14.8 Å². The van der Waals surface area contributed by atoms with Gasteiger partial charge < -0.3 is 10.1 Å². The van der Waals surface area contributed by atoms with Crippen molar-refractivity contribution in [3.63, 3.8) is 0 Å². The van der Waals surface area contributed by atoms with E-state index in [2.05, 4.69) is 15.4 Å². The second-order valence-corrected chi connectivity index (χ2v) is 4.95. The minimum absolute atomic E-state index is 0.135. The van der Waals surface area contributed by atoms with Gasteiger partial charge in [0.05, 0.1) is 19.0 Å². The molecule has 3 rings (SSSR count). The van der Waals surface area contributed by atoms with E-state index < -0.39 is 0 Å². The Balaban J connectivity index is 2.22. The number of para-hydroxylation sites is 1. The number of ether oxygens (including phenoxy) is 1. The Bertz CT molecular complexity index is 854. The summed E-state index contributed by atoms with van der Waals surface area (Å²) in [6, 6.07) is 9.56. The number of aryl methyl sites for hydroxylation is 1. The molecule has 1 N–H and O–H groups in total. The summed E-state index contributed by atoms with van der Waals surface area (Å²) < 4.78 is 7.13. The Hall–Kier alpha value is -2.89. The number of fused-ring (bicyclic) bond motifs is 1. The van der Waals surface area contributed by atoms with Crippen LogP contribution in [0.25, 0.3) is 22.3 Å². The minimum Gasteiger partial charge on any atom is -0.496 e. The Morgan fingerprint density at radius 2 is 2.09 bits per heavy atom. The number of nitrogens with zero attached hydrogens (tertiary/aromatic N) is 3. The molecule has 3 aromatic rings. The van der Waals surface area contributed by atoms with Crippen LogP contribution in [-0.2, 0) is 11.8 Å². The van der Waals surface area contributed by atoms with E-state index in [0.717, 1.165) is 28.0 Å². The predicted octanol–water partition coefficient (Wildman–Crippen LogP) is 2.60. The van der Waals surface area contributed by atoms with Gasteiger partial charge in [-0.15, -0.1) is 0 Å². The average Bonchev–Trinajstić information content (AvgIpc) is 2.83. The zero-order valence-electron chi connectivity index (χ0n) is 12.6. The van der Waals surface area contributed by atoms with Gasteiger partial charge in [0.15, 0.2) is 5.65 Å². The van der Waals surface area contributed by atoms with E-state index in [0.29, 0.717) is 5.69 Å². The molecule has 0 aliphatic carbocycles. The van der Waals surface area contributed by atoms with Crippen molar-refractivity contribution < 1.29 is 9.53 Å². The Morgan fingerprint density at radius 3 is 2.82 bits per heavy atom. The topological polar surface area (TPSA) is 69.0 Å². The summed E-state index contributed by atoms with van der Waals surface area (Å²) in [4.78, 5) is 15.6. The summed E-state index contributed by atoms with van der Waals surface area (Å²) in [6.07, 6.45) is 1.62. The number of anilines is 1. The molecule has 0 saturated heterocycles. The zero-order chi connectivity index (χ0) is 15.7. The van der Waals surface area contributed by atoms with Gasteiger partial charge in [-0.2, -0.15) is 5.10 Å². The van der Waals surface area contributed by atoms with Crippen LogP contribution < -0.4 is 10.1 Å². The lowest BCUT2D eigenvalue weighted by molar-refractivity contribution is -0.114. The standard InChI is InChI=1S/C16H16N4O2/c1-10(21)18-11-8-13-15(19-20(2)16(13)17-9-11)12-6-4-5-7-14(12)22-3/h4-9H,1-3H3,(H,18,21). The van der Waals surface area contributed by atoms with Crippen molar-refractivity contribution in [3.05, 3.63) is 36.5 Å². The summed E-state index contributed by atoms with van der Waals surface area (Å²) in [5.41, 5.74) is 3.05. The van der Waals surface area contributed by atoms with Gasteiger partial charge in [-0.25, -0.2) is 9.67 Å². The van der Waals surface area contributed by atoms with Crippen molar-refractivity contribution in [3.8, 4) is 17.0 Å². The molecule has 0 saturated carbocycles. The van der Waals surface area contributed by atoms with E-state index in [9.17, 15) is 4.79 Å². The number of rotatable bonds is 3. The number of hydrogen-bond acceptors (Lipinski definition) is 4. The third kappa shape index (κ3) is 2.39. The second kappa shape index (κ2) is 5.48. The fourth-order valence-corrected chi connectivity index (χ4v) is 2.45. The second-order valence-electron chi connectivity index (χ2n) is 4.95. The van der Waals surface area contributed by atoms with Gasteiger partial charge in [0.2, 0.25) is 5.91 Å². The SMILES string of the molecule is COc1ccccc1-c1nn(C)c2ncc(NC(C)=O)cc12. The van der Waals surface area contributed by atoms with Crippen molar-refractivity contribution >= 4 is 22.6 Å². The maximum Gasteiger partial charge on any atom is 0.221 e. The molecule has 0 radical (unpaired) electrons. The fourth-order valence-electron chi connectivity index (χ4n) is 2.45. The minimum atomic E-state index is -0.135. The molecule has 112 valence electrons. The molecule has 0 aliphatic rings. The molecule has 0 atom stereocenters. The molecule has 0 aliphatic heterocycles. The number of methoxy groups -OCH3 is 1. The van der Waals surface area contributed by atoms with Gasteiger partial charge in [0.1, 0.15) is 11.4 Å². The Morgan fingerprint density at radius 1 is 1.32 bits per heavy atom. The van der Waals surface area contributed by atoms with Crippen molar-refractivity contribution in [1.29, 1.82) is 0 Å². The van der Waals surface area contributed by atoms with Gasteiger partial charge in [0.25, 0.3) is 0 Å². The number of aromatic nitrogens is 3. The average molecular weight is 296 g/mol. The highest BCUT2D eigenvalue weighted by Gasteiger charge is 2.15. The smallest absolute Gasteiger partial charge is 0.221 e. The molecule has 0 unspecified atom stereocenters. The Labute approximate surface area is 127 Å². The number of amides is 1. The molecule has 0 fully saturated rings. The van der Waals surface area contributed by atoms with Crippen LogP contribution in [0.2, 0.25) is 0 Å². The lowest BCUT2D eigenvalue weighted by atomic mass is 10.1. The molecular formula is C16H16N4O2. The van der Waals surface area contributed by atoms with E-state index in [4.69, 9.17) is 4.74 Å². The van der Waals surface area contributed by atoms with Crippen molar-refractivity contribution in [2.75, 3.05) is 12.4 Å².